The summed E-state index contributed by atoms with van der Waals surface area (Å²) < 4.78 is 0. The second kappa shape index (κ2) is 8.35. The molecule has 0 spiro atoms. The van der Waals surface area contributed by atoms with E-state index in [1.165, 1.54) is 64.7 Å². The average molecular weight is 281 g/mol. The Bertz CT molecular complexity index is 255. The molecule has 1 saturated heterocycles. The number of hydrogen-bond acceptors (Lipinski definition) is 3. The summed E-state index contributed by atoms with van der Waals surface area (Å²) in [6, 6.07) is 1.55. The largest absolute Gasteiger partial charge is 0.313 e. The molecule has 0 radical (unpaired) electrons. The number of nitrogens with one attached hydrogen (secondary N) is 1. The maximum Gasteiger partial charge on any atom is 0.0107 e. The van der Waals surface area contributed by atoms with E-state index in [1.54, 1.807) is 0 Å². The van der Waals surface area contributed by atoms with Crippen LogP contribution >= 0.6 is 0 Å². The molecule has 1 atom stereocenters. The topological polar surface area (TPSA) is 18.5 Å². The molecule has 1 N–H and O–H groups in total. The smallest absolute Gasteiger partial charge is 0.0107 e. The second-order valence-electron chi connectivity index (χ2n) is 6.93. The lowest BCUT2D eigenvalue weighted by molar-refractivity contribution is 0.165. The number of piperidine rings is 1. The van der Waals surface area contributed by atoms with E-state index in [9.17, 15) is 0 Å². The van der Waals surface area contributed by atoms with Gasteiger partial charge in [-0.15, -0.1) is 0 Å². The number of hydrogen-bond donors (Lipinski definition) is 1. The maximum atomic E-state index is 3.78. The Hall–Kier alpha value is -0.120. The minimum Gasteiger partial charge on any atom is -0.313 e. The number of rotatable bonds is 7. The highest BCUT2D eigenvalue weighted by Crippen LogP contribution is 2.22. The fraction of sp³-hybridized carbons (Fsp3) is 1.00. The lowest BCUT2D eigenvalue weighted by atomic mass is 9.90. The number of nitrogens with zero attached hydrogens (tertiary/aromatic N) is 2. The highest BCUT2D eigenvalue weighted by atomic mass is 15.1. The van der Waals surface area contributed by atoms with Gasteiger partial charge in [-0.1, -0.05) is 19.8 Å². The molecule has 2 rings (SSSR count). The van der Waals surface area contributed by atoms with Gasteiger partial charge in [0.1, 0.15) is 0 Å². The second-order valence-corrected chi connectivity index (χ2v) is 6.93. The quantitative estimate of drug-likeness (QED) is 0.774. The maximum absolute atomic E-state index is 3.78. The molecule has 118 valence electrons. The summed E-state index contributed by atoms with van der Waals surface area (Å²) in [5.74, 6) is 0.884. The minimum absolute atomic E-state index is 0.686. The molecule has 0 aromatic rings. The van der Waals surface area contributed by atoms with Crippen LogP contribution in [0.1, 0.15) is 52.4 Å². The Labute approximate surface area is 126 Å². The SMILES string of the molecule is CCN1CCC(C(C)NCCN(C)C2CCCC2)CC1. The van der Waals surface area contributed by atoms with Gasteiger partial charge in [-0.2, -0.15) is 0 Å². The highest BCUT2D eigenvalue weighted by molar-refractivity contribution is 4.80. The molecule has 1 aliphatic heterocycles. The van der Waals surface area contributed by atoms with Crippen molar-refractivity contribution in [2.45, 2.75) is 64.5 Å². The molecule has 20 heavy (non-hydrogen) atoms. The van der Waals surface area contributed by atoms with Gasteiger partial charge in [0.05, 0.1) is 0 Å². The van der Waals surface area contributed by atoms with Crippen LogP contribution in [-0.4, -0.2) is 61.7 Å². The monoisotopic (exact) mass is 281 g/mol. The van der Waals surface area contributed by atoms with Gasteiger partial charge in [0.15, 0.2) is 0 Å². The molecule has 2 aliphatic rings. The zero-order chi connectivity index (χ0) is 14.4. The molecule has 1 saturated carbocycles. The average Bonchev–Trinajstić information content (AvgIpc) is 3.01. The van der Waals surface area contributed by atoms with Gasteiger partial charge in [0, 0.05) is 25.2 Å². The van der Waals surface area contributed by atoms with Gasteiger partial charge in [-0.3, -0.25) is 0 Å². The number of likely N-dealkylation sites (tertiary alicyclic amines) is 1. The van der Waals surface area contributed by atoms with Gasteiger partial charge in [-0.25, -0.2) is 0 Å². The van der Waals surface area contributed by atoms with E-state index in [1.807, 2.05) is 0 Å². The Morgan fingerprint density at radius 1 is 1.15 bits per heavy atom. The highest BCUT2D eigenvalue weighted by Gasteiger charge is 2.23. The predicted molar refractivity (Wildman–Crippen MR) is 87.2 cm³/mol. The van der Waals surface area contributed by atoms with Crippen LogP contribution in [-0.2, 0) is 0 Å². The Kier molecular flexibility index (Phi) is 6.79. The number of likely N-dealkylation sites (N-methyl/N-ethyl adjacent to an activating group) is 1. The zero-order valence-electron chi connectivity index (χ0n) is 13.9. The van der Waals surface area contributed by atoms with Crippen molar-refractivity contribution < 1.29 is 0 Å². The van der Waals surface area contributed by atoms with Crippen LogP contribution in [0.4, 0.5) is 0 Å². The van der Waals surface area contributed by atoms with Crippen molar-refractivity contribution in [2.75, 3.05) is 39.8 Å². The van der Waals surface area contributed by atoms with Crippen molar-refractivity contribution in [3.05, 3.63) is 0 Å². The molecule has 0 amide bonds. The van der Waals surface area contributed by atoms with E-state index in [0.29, 0.717) is 6.04 Å². The van der Waals surface area contributed by atoms with Crippen molar-refractivity contribution in [3.8, 4) is 0 Å². The van der Waals surface area contributed by atoms with E-state index in [-0.39, 0.29) is 0 Å². The molecule has 3 heteroatoms. The Morgan fingerprint density at radius 2 is 1.80 bits per heavy atom. The lowest BCUT2D eigenvalue weighted by Gasteiger charge is -2.35. The van der Waals surface area contributed by atoms with Gasteiger partial charge < -0.3 is 15.1 Å². The third-order valence-corrected chi connectivity index (χ3v) is 5.67. The van der Waals surface area contributed by atoms with Crippen LogP contribution < -0.4 is 5.32 Å². The van der Waals surface area contributed by atoms with Crippen LogP contribution in [0.25, 0.3) is 0 Å². The van der Waals surface area contributed by atoms with E-state index >= 15 is 0 Å². The van der Waals surface area contributed by atoms with E-state index < -0.39 is 0 Å². The summed E-state index contributed by atoms with van der Waals surface area (Å²) in [6.07, 6.45) is 8.47. The molecular weight excluding hydrogens is 246 g/mol. The van der Waals surface area contributed by atoms with Crippen LogP contribution in [0, 0.1) is 5.92 Å². The molecule has 1 unspecified atom stereocenters. The first-order chi connectivity index (χ1) is 9.70. The molecule has 0 aromatic carbocycles. The van der Waals surface area contributed by atoms with Crippen molar-refractivity contribution in [3.63, 3.8) is 0 Å². The summed E-state index contributed by atoms with van der Waals surface area (Å²) in [4.78, 5) is 5.16. The predicted octanol–water partition coefficient (Wildman–Crippen LogP) is 2.57. The van der Waals surface area contributed by atoms with Crippen molar-refractivity contribution in [1.82, 2.24) is 15.1 Å². The summed E-state index contributed by atoms with van der Waals surface area (Å²) in [5.41, 5.74) is 0. The minimum atomic E-state index is 0.686. The summed E-state index contributed by atoms with van der Waals surface area (Å²) in [5, 5.41) is 3.78. The summed E-state index contributed by atoms with van der Waals surface area (Å²) in [6.45, 7) is 10.9. The van der Waals surface area contributed by atoms with Crippen molar-refractivity contribution >= 4 is 0 Å². The third-order valence-electron chi connectivity index (χ3n) is 5.67. The molecule has 1 aliphatic carbocycles. The van der Waals surface area contributed by atoms with Crippen LogP contribution in [0.5, 0.6) is 0 Å². The van der Waals surface area contributed by atoms with Gasteiger partial charge in [0.25, 0.3) is 0 Å². The van der Waals surface area contributed by atoms with Gasteiger partial charge in [-0.05, 0) is 65.2 Å². The van der Waals surface area contributed by atoms with Gasteiger partial charge >= 0.3 is 0 Å². The van der Waals surface area contributed by atoms with Gasteiger partial charge in [0.2, 0.25) is 0 Å². The van der Waals surface area contributed by atoms with Crippen LogP contribution in [0.15, 0.2) is 0 Å². The lowest BCUT2D eigenvalue weighted by Crippen LogP contribution is -2.44. The molecule has 0 aromatic heterocycles. The first-order valence-electron chi connectivity index (χ1n) is 8.86. The van der Waals surface area contributed by atoms with E-state index in [4.69, 9.17) is 0 Å². The summed E-state index contributed by atoms with van der Waals surface area (Å²) >= 11 is 0. The standard InChI is InChI=1S/C17H35N3/c1-4-20-12-9-16(10-13-20)15(2)18-11-14-19(3)17-7-5-6-8-17/h15-18H,4-14H2,1-3H3. The molecular formula is C17H35N3. The third kappa shape index (κ3) is 4.71. The fourth-order valence-electron chi connectivity index (χ4n) is 3.93. The first kappa shape index (κ1) is 16.3. The summed E-state index contributed by atoms with van der Waals surface area (Å²) in [7, 11) is 2.31. The molecule has 2 fully saturated rings. The van der Waals surface area contributed by atoms with Crippen LogP contribution in [0.3, 0.4) is 0 Å². The molecule has 1 heterocycles. The normalized spacial score (nSPS) is 24.6. The van der Waals surface area contributed by atoms with E-state index in [2.05, 4.69) is 36.0 Å². The Balaban J connectivity index is 1.59. The molecule has 0 bridgehead atoms. The molecule has 3 nitrogen and oxygen atoms in total. The van der Waals surface area contributed by atoms with Crippen molar-refractivity contribution in [1.29, 1.82) is 0 Å². The van der Waals surface area contributed by atoms with Crippen molar-refractivity contribution in [2.24, 2.45) is 5.92 Å². The fourth-order valence-corrected chi connectivity index (χ4v) is 3.93. The zero-order valence-corrected chi connectivity index (χ0v) is 13.9. The van der Waals surface area contributed by atoms with Crippen LogP contribution in [0.2, 0.25) is 0 Å². The Morgan fingerprint density at radius 3 is 2.40 bits per heavy atom. The van der Waals surface area contributed by atoms with E-state index in [0.717, 1.165) is 18.5 Å². The first-order valence-corrected chi connectivity index (χ1v) is 8.86.